The van der Waals surface area contributed by atoms with E-state index in [-0.39, 0.29) is 5.69 Å². The van der Waals surface area contributed by atoms with E-state index in [1.165, 1.54) is 0 Å². The lowest BCUT2D eigenvalue weighted by atomic mass is 10.1. The number of pyridine rings is 3. The number of fused-ring (bicyclic) bond motifs is 2. The topological polar surface area (TPSA) is 109 Å². The molecule has 150 valence electrons. The number of H-pyrrole nitrogens is 2. The minimum Gasteiger partial charge on any atom is -0.472 e. The molecule has 0 saturated heterocycles. The van der Waals surface area contributed by atoms with Crippen LogP contribution in [-0.4, -0.2) is 35.1 Å². The summed E-state index contributed by atoms with van der Waals surface area (Å²) in [6.07, 6.45) is 9.76. The van der Waals surface area contributed by atoms with Crippen molar-refractivity contribution < 1.29 is 8.81 Å². The zero-order valence-corrected chi connectivity index (χ0v) is 16.2. The molecule has 0 aliphatic carbocycles. The van der Waals surface area contributed by atoms with Crippen LogP contribution in [-0.2, 0) is 0 Å². The lowest BCUT2D eigenvalue weighted by molar-refractivity contribution is 0.568. The van der Waals surface area contributed by atoms with Crippen molar-refractivity contribution in [2.75, 3.05) is 0 Å². The van der Waals surface area contributed by atoms with E-state index in [9.17, 15) is 0 Å². The molecule has 2 N–H and O–H groups in total. The average Bonchev–Trinajstić information content (AvgIpc) is 3.53. The van der Waals surface area contributed by atoms with E-state index in [1.807, 2.05) is 25.1 Å². The first-order valence-electron chi connectivity index (χ1n) is 9.52. The van der Waals surface area contributed by atoms with Gasteiger partial charge in [-0.05, 0) is 30.7 Å². The smallest absolute Gasteiger partial charge is 0.161 e. The second kappa shape index (κ2) is 6.56. The predicted molar refractivity (Wildman–Crippen MR) is 112 cm³/mol. The Hall–Kier alpha value is -4.40. The number of nitrogens with one attached hydrogen (secondary N) is 2. The maximum Gasteiger partial charge on any atom is 0.161 e. The molecule has 0 unspecified atom stereocenters. The van der Waals surface area contributed by atoms with Gasteiger partial charge >= 0.3 is 0 Å². The summed E-state index contributed by atoms with van der Waals surface area (Å²) in [5.41, 5.74) is 5.50. The van der Waals surface area contributed by atoms with Crippen molar-refractivity contribution in [2.24, 2.45) is 0 Å². The fourth-order valence-corrected chi connectivity index (χ4v) is 3.72. The summed E-state index contributed by atoms with van der Waals surface area (Å²) in [5, 5.41) is 7.46. The first kappa shape index (κ1) is 17.5. The fourth-order valence-electron chi connectivity index (χ4n) is 3.72. The molecule has 0 aromatic carbocycles. The Morgan fingerprint density at radius 3 is 2.77 bits per heavy atom. The number of aromatic amines is 2. The number of aryl methyl sites for hydroxylation is 1. The van der Waals surface area contributed by atoms with Crippen LogP contribution in [0, 0.1) is 12.7 Å². The summed E-state index contributed by atoms with van der Waals surface area (Å²) in [4.78, 5) is 20.6. The maximum absolute atomic E-state index is 15.7. The molecule has 0 aliphatic rings. The molecule has 0 amide bonds. The Labute approximate surface area is 174 Å². The maximum atomic E-state index is 15.7. The molecule has 0 radical (unpaired) electrons. The van der Waals surface area contributed by atoms with Crippen molar-refractivity contribution >= 4 is 22.1 Å². The van der Waals surface area contributed by atoms with Gasteiger partial charge < -0.3 is 9.40 Å². The molecule has 0 aliphatic heterocycles. The van der Waals surface area contributed by atoms with Gasteiger partial charge in [0.2, 0.25) is 0 Å². The zero-order chi connectivity index (χ0) is 20.9. The Bertz CT molecular complexity index is 1570. The molecule has 0 fully saturated rings. The number of imidazole rings is 1. The summed E-state index contributed by atoms with van der Waals surface area (Å²) < 4.78 is 20.9. The molecule has 6 rings (SSSR count). The summed E-state index contributed by atoms with van der Waals surface area (Å²) in [6.45, 7) is 1.89. The van der Waals surface area contributed by atoms with Crippen LogP contribution in [0.4, 0.5) is 4.39 Å². The summed E-state index contributed by atoms with van der Waals surface area (Å²) in [7, 11) is 0. The summed E-state index contributed by atoms with van der Waals surface area (Å²) in [5.74, 6) is -0.0792. The number of rotatable bonds is 3. The number of hydrogen-bond donors (Lipinski definition) is 2. The van der Waals surface area contributed by atoms with Crippen LogP contribution >= 0.6 is 0 Å². The van der Waals surface area contributed by atoms with Crippen LogP contribution in [0.1, 0.15) is 5.56 Å². The number of halogens is 1. The van der Waals surface area contributed by atoms with Crippen molar-refractivity contribution in [1.82, 2.24) is 35.1 Å². The normalized spacial score (nSPS) is 11.5. The van der Waals surface area contributed by atoms with Gasteiger partial charge in [0.1, 0.15) is 16.9 Å². The van der Waals surface area contributed by atoms with Gasteiger partial charge in [0.15, 0.2) is 17.3 Å². The fraction of sp³-hybridized carbons (Fsp3) is 0.0455. The van der Waals surface area contributed by atoms with Crippen LogP contribution in [0.2, 0.25) is 0 Å². The zero-order valence-electron chi connectivity index (χ0n) is 16.2. The molecule has 0 saturated carbocycles. The van der Waals surface area contributed by atoms with Gasteiger partial charge in [-0.3, -0.25) is 15.1 Å². The molecule has 0 atom stereocenters. The second-order valence-electron chi connectivity index (χ2n) is 7.13. The first-order chi connectivity index (χ1) is 15.2. The average molecular weight is 411 g/mol. The third kappa shape index (κ3) is 2.63. The van der Waals surface area contributed by atoms with E-state index in [0.29, 0.717) is 39.1 Å². The second-order valence-corrected chi connectivity index (χ2v) is 7.13. The number of hydrogen-bond acceptors (Lipinski definition) is 6. The van der Waals surface area contributed by atoms with Gasteiger partial charge in [-0.2, -0.15) is 5.10 Å². The Morgan fingerprint density at radius 2 is 1.94 bits per heavy atom. The van der Waals surface area contributed by atoms with Gasteiger partial charge in [-0.1, -0.05) is 0 Å². The van der Waals surface area contributed by atoms with Crippen LogP contribution in [0.3, 0.4) is 0 Å². The van der Waals surface area contributed by atoms with Gasteiger partial charge in [0.25, 0.3) is 0 Å². The van der Waals surface area contributed by atoms with E-state index < -0.39 is 5.82 Å². The lowest BCUT2D eigenvalue weighted by Crippen LogP contribution is -1.94. The van der Waals surface area contributed by atoms with Crippen molar-refractivity contribution in [2.45, 2.75) is 6.92 Å². The molecule has 9 heteroatoms. The molecule has 6 heterocycles. The SMILES string of the molecule is Cc1ccncc1-c1ncc2[nH]nc(-c3nc4c(-c5ccoc5)ccnc4[nH]3)c2c1F. The van der Waals surface area contributed by atoms with E-state index in [0.717, 1.165) is 16.7 Å². The number of nitrogens with zero attached hydrogens (tertiary/aromatic N) is 5. The van der Waals surface area contributed by atoms with E-state index in [2.05, 4.69) is 35.1 Å². The molecule has 6 aromatic heterocycles. The Kier molecular flexibility index (Phi) is 3.69. The highest BCUT2D eigenvalue weighted by atomic mass is 19.1. The third-order valence-electron chi connectivity index (χ3n) is 5.28. The van der Waals surface area contributed by atoms with Crippen molar-refractivity contribution in [1.29, 1.82) is 0 Å². The lowest BCUT2D eigenvalue weighted by Gasteiger charge is -2.06. The van der Waals surface area contributed by atoms with Gasteiger partial charge in [0, 0.05) is 35.3 Å². The standard InChI is InChI=1S/C22H14FN7O/c1-11-2-5-24-8-14(11)18-17(23)16-15(9-26-18)29-30-20(16)22-27-19-13(12-4-7-31-10-12)3-6-25-21(19)28-22/h2-10H,1H3,(H,29,30)(H,25,27,28). The van der Waals surface area contributed by atoms with Crippen LogP contribution < -0.4 is 0 Å². The highest BCUT2D eigenvalue weighted by molar-refractivity contribution is 5.97. The molecule has 6 aromatic rings. The van der Waals surface area contributed by atoms with Crippen molar-refractivity contribution in [3.05, 3.63) is 66.9 Å². The number of furan rings is 1. The molecule has 31 heavy (non-hydrogen) atoms. The van der Waals surface area contributed by atoms with E-state index in [1.54, 1.807) is 37.3 Å². The van der Waals surface area contributed by atoms with Gasteiger partial charge in [-0.25, -0.2) is 14.4 Å². The molecule has 8 nitrogen and oxygen atoms in total. The Morgan fingerprint density at radius 1 is 1.00 bits per heavy atom. The molecule has 0 bridgehead atoms. The highest BCUT2D eigenvalue weighted by Gasteiger charge is 2.22. The van der Waals surface area contributed by atoms with Gasteiger partial charge in [-0.15, -0.1) is 0 Å². The molecular weight excluding hydrogens is 397 g/mol. The number of aromatic nitrogens is 7. The van der Waals surface area contributed by atoms with Crippen LogP contribution in [0.25, 0.3) is 56.0 Å². The minimum absolute atomic E-state index is 0.217. The van der Waals surface area contributed by atoms with Gasteiger partial charge in [0.05, 0.1) is 29.6 Å². The molecule has 0 spiro atoms. The van der Waals surface area contributed by atoms with Crippen LogP contribution in [0.5, 0.6) is 0 Å². The summed E-state index contributed by atoms with van der Waals surface area (Å²) >= 11 is 0. The summed E-state index contributed by atoms with van der Waals surface area (Å²) in [6, 6.07) is 5.52. The monoisotopic (exact) mass is 411 g/mol. The molecular formula is C22H14FN7O. The minimum atomic E-state index is -0.485. The third-order valence-corrected chi connectivity index (χ3v) is 5.28. The first-order valence-corrected chi connectivity index (χ1v) is 9.52. The van der Waals surface area contributed by atoms with E-state index >= 15 is 4.39 Å². The highest BCUT2D eigenvalue weighted by Crippen LogP contribution is 2.34. The Balaban J connectivity index is 1.57. The van der Waals surface area contributed by atoms with Crippen LogP contribution in [0.15, 0.2) is 59.9 Å². The predicted octanol–water partition coefficient (Wildman–Crippen LogP) is 4.67. The van der Waals surface area contributed by atoms with Crippen molar-refractivity contribution in [3.63, 3.8) is 0 Å². The largest absolute Gasteiger partial charge is 0.472 e. The van der Waals surface area contributed by atoms with E-state index in [4.69, 9.17) is 4.42 Å². The quantitative estimate of drug-likeness (QED) is 0.438. The van der Waals surface area contributed by atoms with Crippen molar-refractivity contribution in [3.8, 4) is 33.9 Å².